The van der Waals surface area contributed by atoms with E-state index in [1.165, 1.54) is 44.8 Å². The van der Waals surface area contributed by atoms with Crippen molar-refractivity contribution in [2.75, 3.05) is 34.7 Å². The van der Waals surface area contributed by atoms with Gasteiger partial charge in [-0.2, -0.15) is 0 Å². The molecule has 0 aromatic heterocycles. The highest BCUT2D eigenvalue weighted by Crippen LogP contribution is 2.30. The molecule has 56 heavy (non-hydrogen) atoms. The van der Waals surface area contributed by atoms with Crippen LogP contribution in [0.3, 0.4) is 0 Å². The van der Waals surface area contributed by atoms with Gasteiger partial charge in [-0.1, -0.05) is 111 Å². The number of para-hydroxylation sites is 3. The fraction of sp³-hybridized carbons (Fsp3) is 0.143. The molecular formula is C49H52N4O3. The van der Waals surface area contributed by atoms with Crippen molar-refractivity contribution in [2.45, 2.75) is 33.4 Å². The lowest BCUT2D eigenvalue weighted by molar-refractivity contribution is 0.289. The molecule has 7 heteroatoms. The first-order valence-electron chi connectivity index (χ1n) is 18.5. The number of anilines is 4. The second kappa shape index (κ2) is 18.9. The van der Waals surface area contributed by atoms with Crippen LogP contribution in [0.15, 0.2) is 176 Å². The first-order chi connectivity index (χ1) is 26.9. The van der Waals surface area contributed by atoms with Gasteiger partial charge < -0.3 is 35.8 Å². The third-order valence-corrected chi connectivity index (χ3v) is 9.55. The molecular weight excluding hydrogens is 693 g/mol. The summed E-state index contributed by atoms with van der Waals surface area (Å²) in [6, 6.07) is 58.8. The van der Waals surface area contributed by atoms with Crippen LogP contribution in [-0.2, 0) is 25.9 Å². The molecule has 0 spiro atoms. The Kier molecular flexibility index (Phi) is 13.1. The zero-order valence-corrected chi connectivity index (χ0v) is 30.8. The number of aromatic hydroxyl groups is 1. The number of nitrogen functional groups attached to an aromatic ring is 2. The molecule has 0 atom stereocenters. The van der Waals surface area contributed by atoms with Crippen molar-refractivity contribution in [2.24, 2.45) is 0 Å². The van der Waals surface area contributed by atoms with Gasteiger partial charge in [0.1, 0.15) is 17.2 Å². The van der Waals surface area contributed by atoms with E-state index in [-0.39, 0.29) is 8.85 Å². The molecule has 2 heterocycles. The highest BCUT2D eigenvalue weighted by Gasteiger charge is 2.18. The van der Waals surface area contributed by atoms with Gasteiger partial charge in [-0.3, -0.25) is 0 Å². The quantitative estimate of drug-likeness (QED) is 0.146. The van der Waals surface area contributed by atoms with Crippen LogP contribution in [0.1, 0.15) is 42.2 Å². The lowest BCUT2D eigenvalue weighted by Gasteiger charge is -2.31. The van der Waals surface area contributed by atoms with Gasteiger partial charge in [-0.05, 0) is 108 Å². The summed E-state index contributed by atoms with van der Waals surface area (Å²) >= 11 is 0. The Balaban J connectivity index is 0.000000214. The molecule has 0 fully saturated rings. The van der Waals surface area contributed by atoms with E-state index in [0.717, 1.165) is 48.8 Å². The van der Waals surface area contributed by atoms with Crippen LogP contribution < -0.4 is 30.7 Å². The van der Waals surface area contributed by atoms with Crippen molar-refractivity contribution in [3.05, 3.63) is 209 Å². The maximum absolute atomic E-state index is 8.63. The molecule has 0 radical (unpaired) electrons. The van der Waals surface area contributed by atoms with E-state index in [9.17, 15) is 0 Å². The maximum Gasteiger partial charge on any atom is 0.161 e. The van der Waals surface area contributed by atoms with E-state index in [0.29, 0.717) is 19.2 Å². The van der Waals surface area contributed by atoms with Gasteiger partial charge in [0.2, 0.25) is 0 Å². The van der Waals surface area contributed by atoms with E-state index >= 15 is 0 Å². The summed E-state index contributed by atoms with van der Waals surface area (Å²) in [5.41, 5.74) is 22.8. The second-order valence-electron chi connectivity index (χ2n) is 13.7. The molecule has 0 unspecified atom stereocenters. The van der Waals surface area contributed by atoms with E-state index in [1.54, 1.807) is 24.3 Å². The van der Waals surface area contributed by atoms with Gasteiger partial charge in [-0.15, -0.1) is 0 Å². The molecule has 0 bridgehead atoms. The molecule has 286 valence electrons. The summed E-state index contributed by atoms with van der Waals surface area (Å²) < 4.78 is 11.8. The lowest BCUT2D eigenvalue weighted by Crippen LogP contribution is -2.31. The number of rotatable bonds is 6. The molecule has 7 nitrogen and oxygen atoms in total. The minimum Gasteiger partial charge on any atom is -0.508 e. The summed E-state index contributed by atoms with van der Waals surface area (Å²) in [6.45, 7) is 2.92. The Labute approximate surface area is 332 Å². The number of phenolic OH excluding ortho intramolecular Hbond substituents is 1. The summed E-state index contributed by atoms with van der Waals surface area (Å²) in [5.74, 6) is 2.31. The standard InChI is InChI=1S/C29H26N2O2.C13H14N2.C6H6O.CH4.H2/c1-3-7-28-24(5-1)18-30(20-32-28)26-13-9-22(10-14-26)17-23-11-15-27(16-12-23)31-19-25-6-2-4-8-29(25)33-21-31;14-12-5-1-10(2-6-12)9-11-3-7-13(15)8-4-11;7-6-4-2-1-3-5-6;;/h1-16H,17-21H2;1-8H,9,14-15H2;1-5,7H;1H4;1H/i;;;;1+1. The Bertz CT molecular complexity index is 2110. The van der Waals surface area contributed by atoms with E-state index in [4.69, 9.17) is 26.0 Å². The van der Waals surface area contributed by atoms with Crippen molar-refractivity contribution in [1.29, 1.82) is 0 Å². The van der Waals surface area contributed by atoms with Crippen molar-refractivity contribution >= 4 is 22.7 Å². The third-order valence-electron chi connectivity index (χ3n) is 9.55. The van der Waals surface area contributed by atoms with Crippen LogP contribution in [0.2, 0.25) is 0 Å². The molecule has 0 amide bonds. The summed E-state index contributed by atoms with van der Waals surface area (Å²) in [4.78, 5) is 4.53. The van der Waals surface area contributed by atoms with Crippen LogP contribution in [0, 0.1) is 0 Å². The van der Waals surface area contributed by atoms with Crippen LogP contribution in [-0.4, -0.2) is 18.6 Å². The third kappa shape index (κ3) is 10.6. The number of phenols is 1. The van der Waals surface area contributed by atoms with Gasteiger partial charge in [0.15, 0.2) is 13.5 Å². The Hall–Kier alpha value is -6.86. The molecule has 9 rings (SSSR count). The normalized spacial score (nSPS) is 12.4. The molecule has 0 saturated heterocycles. The van der Waals surface area contributed by atoms with Crippen LogP contribution >= 0.6 is 0 Å². The lowest BCUT2D eigenvalue weighted by atomic mass is 10.0. The van der Waals surface area contributed by atoms with Gasteiger partial charge in [-0.25, -0.2) is 0 Å². The molecule has 5 N–H and O–H groups in total. The molecule has 7 aromatic rings. The monoisotopic (exact) mass is 745 g/mol. The number of fused-ring (bicyclic) bond motifs is 2. The number of ether oxygens (including phenoxy) is 2. The molecule has 2 aliphatic heterocycles. The highest BCUT2D eigenvalue weighted by atomic mass is 16.5. The number of hydrogen-bond acceptors (Lipinski definition) is 7. The first kappa shape index (κ1) is 38.9. The van der Waals surface area contributed by atoms with Crippen LogP contribution in [0.25, 0.3) is 0 Å². The predicted molar refractivity (Wildman–Crippen MR) is 233 cm³/mol. The van der Waals surface area contributed by atoms with Crippen LogP contribution in [0.4, 0.5) is 22.7 Å². The predicted octanol–water partition coefficient (Wildman–Crippen LogP) is 10.7. The first-order valence-corrected chi connectivity index (χ1v) is 18.5. The van der Waals surface area contributed by atoms with Gasteiger partial charge in [0.25, 0.3) is 0 Å². The van der Waals surface area contributed by atoms with Gasteiger partial charge >= 0.3 is 0 Å². The highest BCUT2D eigenvalue weighted by molar-refractivity contribution is 5.53. The largest absolute Gasteiger partial charge is 0.508 e. The molecule has 0 saturated carbocycles. The fourth-order valence-corrected chi connectivity index (χ4v) is 6.50. The zero-order chi connectivity index (χ0) is 37.8. The minimum atomic E-state index is 0. The molecule has 0 aliphatic carbocycles. The van der Waals surface area contributed by atoms with Gasteiger partial charge in [0, 0.05) is 48.4 Å². The topological polar surface area (TPSA) is 97.2 Å². The second-order valence-corrected chi connectivity index (χ2v) is 13.7. The SMILES string of the molecule is C.Nc1ccc(Cc2ccc(N)cc2)cc1.Oc1ccccc1.[2HH].c1ccc2c(c1)CN(c1ccc(Cc3ccc(N4COc5ccccc5C4)cc3)cc1)CO2. The number of benzene rings is 7. The maximum atomic E-state index is 8.63. The smallest absolute Gasteiger partial charge is 0.161 e. The number of nitrogens with two attached hydrogens (primary N) is 2. The fourth-order valence-electron chi connectivity index (χ4n) is 6.50. The summed E-state index contributed by atoms with van der Waals surface area (Å²) in [7, 11) is 0. The van der Waals surface area contributed by atoms with Crippen molar-refractivity contribution in [1.82, 2.24) is 0 Å². The van der Waals surface area contributed by atoms with E-state index in [2.05, 4.69) is 82.6 Å². The Morgan fingerprint density at radius 3 is 1.14 bits per heavy atom. The van der Waals surface area contributed by atoms with Crippen molar-refractivity contribution in [3.63, 3.8) is 0 Å². The zero-order valence-electron chi connectivity index (χ0n) is 30.8. The van der Waals surface area contributed by atoms with E-state index < -0.39 is 0 Å². The molecule has 2 aliphatic rings. The van der Waals surface area contributed by atoms with Gasteiger partial charge in [0.05, 0.1) is 0 Å². The average molecular weight is 746 g/mol. The minimum absolute atomic E-state index is 0. The number of hydrogen-bond donors (Lipinski definition) is 3. The Morgan fingerprint density at radius 1 is 0.446 bits per heavy atom. The Morgan fingerprint density at radius 2 is 0.786 bits per heavy atom. The van der Waals surface area contributed by atoms with Crippen molar-refractivity contribution in [3.8, 4) is 17.2 Å². The summed E-state index contributed by atoms with van der Waals surface area (Å²) in [6.07, 6.45) is 1.83. The van der Waals surface area contributed by atoms with Crippen LogP contribution in [0.5, 0.6) is 17.2 Å². The average Bonchev–Trinajstić information content (AvgIpc) is 3.23. The molecule has 7 aromatic carbocycles. The van der Waals surface area contributed by atoms with E-state index in [1.807, 2.05) is 78.9 Å². The summed E-state index contributed by atoms with van der Waals surface area (Å²) in [5, 5.41) is 8.63. The van der Waals surface area contributed by atoms with Crippen molar-refractivity contribution < 1.29 is 16.0 Å². The number of nitrogens with zero attached hydrogens (tertiary/aromatic N) is 2.